The first-order valence-electron chi connectivity index (χ1n) is 7.44. The van der Waals surface area contributed by atoms with Crippen LogP contribution in [0.15, 0.2) is 24.3 Å². The molecule has 0 spiro atoms. The molecule has 1 amide bonds. The predicted molar refractivity (Wildman–Crippen MR) is 81.5 cm³/mol. The van der Waals surface area contributed by atoms with Gasteiger partial charge in [0.05, 0.1) is 7.11 Å². The Morgan fingerprint density at radius 2 is 2.04 bits per heavy atom. The summed E-state index contributed by atoms with van der Waals surface area (Å²) in [5.41, 5.74) is -2.22. The van der Waals surface area contributed by atoms with Crippen molar-refractivity contribution in [2.24, 2.45) is 5.41 Å². The van der Waals surface area contributed by atoms with Gasteiger partial charge in [0.1, 0.15) is 11.4 Å². The highest BCUT2D eigenvalue weighted by Crippen LogP contribution is 2.46. The molecule has 2 N–H and O–H groups in total. The van der Waals surface area contributed by atoms with Crippen molar-refractivity contribution in [1.82, 2.24) is 9.88 Å². The van der Waals surface area contributed by atoms with Crippen molar-refractivity contribution >= 4 is 22.8 Å². The second-order valence-electron chi connectivity index (χ2n) is 6.00. The quantitative estimate of drug-likeness (QED) is 0.886. The van der Waals surface area contributed by atoms with Crippen LogP contribution in [0.1, 0.15) is 16.9 Å². The molecular weight excluding hydrogens is 341 g/mol. The van der Waals surface area contributed by atoms with E-state index in [2.05, 4.69) is 4.98 Å². The largest absolute Gasteiger partial charge is 0.497 e. The molecule has 0 bridgehead atoms. The standard InChI is InChI=1S/C16H15F3N2O4/c1-25-10-3-2-9-6-12(20-11(9)7-10)13(22)21-5-4-15(8-21,14(23)24)16(17,18)19/h2-3,6-7,20H,4-5,8H2,1H3,(H,23,24). The highest BCUT2D eigenvalue weighted by Gasteiger charge is 2.64. The van der Waals surface area contributed by atoms with Crippen LogP contribution in [0.4, 0.5) is 13.2 Å². The van der Waals surface area contributed by atoms with Crippen molar-refractivity contribution < 1.29 is 32.6 Å². The fourth-order valence-electron chi connectivity index (χ4n) is 3.03. The SMILES string of the molecule is COc1ccc2cc(C(=O)N3CCC(C(=O)O)(C(F)(F)F)C3)[nH]c2c1. The van der Waals surface area contributed by atoms with Gasteiger partial charge in [0.2, 0.25) is 0 Å². The maximum absolute atomic E-state index is 13.2. The highest BCUT2D eigenvalue weighted by atomic mass is 19.4. The number of methoxy groups -OCH3 is 1. The minimum Gasteiger partial charge on any atom is -0.497 e. The van der Waals surface area contributed by atoms with E-state index in [4.69, 9.17) is 9.84 Å². The Hall–Kier alpha value is -2.71. The van der Waals surface area contributed by atoms with Gasteiger partial charge in [-0.15, -0.1) is 0 Å². The summed E-state index contributed by atoms with van der Waals surface area (Å²) in [5.74, 6) is -2.06. The van der Waals surface area contributed by atoms with Gasteiger partial charge in [0, 0.05) is 30.1 Å². The van der Waals surface area contributed by atoms with E-state index in [9.17, 15) is 22.8 Å². The van der Waals surface area contributed by atoms with E-state index < -0.39 is 36.4 Å². The van der Waals surface area contributed by atoms with Crippen LogP contribution in [0.2, 0.25) is 0 Å². The molecule has 3 rings (SSSR count). The molecule has 2 aromatic rings. The number of carboxylic acid groups (broad SMARTS) is 1. The van der Waals surface area contributed by atoms with Crippen LogP contribution in [-0.4, -0.2) is 53.2 Å². The second-order valence-corrected chi connectivity index (χ2v) is 6.00. The number of carbonyl (C=O) groups is 2. The molecule has 1 aliphatic rings. The number of aromatic nitrogens is 1. The number of aliphatic carboxylic acids is 1. The Kier molecular flexibility index (Phi) is 3.89. The average Bonchev–Trinajstić information content (AvgIpc) is 3.17. The molecule has 0 aliphatic carbocycles. The van der Waals surface area contributed by atoms with Crippen LogP contribution in [-0.2, 0) is 4.79 Å². The summed E-state index contributed by atoms with van der Waals surface area (Å²) in [5, 5.41) is 9.76. The van der Waals surface area contributed by atoms with Crippen molar-refractivity contribution in [1.29, 1.82) is 0 Å². The van der Waals surface area contributed by atoms with E-state index in [0.29, 0.717) is 16.7 Å². The molecule has 1 atom stereocenters. The number of nitrogens with zero attached hydrogens (tertiary/aromatic N) is 1. The zero-order chi connectivity index (χ0) is 18.4. The van der Waals surface area contributed by atoms with Crippen LogP contribution < -0.4 is 4.74 Å². The Bertz CT molecular complexity index is 846. The Balaban J connectivity index is 1.88. The maximum Gasteiger partial charge on any atom is 0.406 e. The number of aromatic amines is 1. The van der Waals surface area contributed by atoms with E-state index in [0.717, 1.165) is 4.90 Å². The third-order valence-electron chi connectivity index (χ3n) is 4.57. The number of hydrogen-bond donors (Lipinski definition) is 2. The van der Waals surface area contributed by atoms with E-state index >= 15 is 0 Å². The zero-order valence-electron chi connectivity index (χ0n) is 13.2. The topological polar surface area (TPSA) is 82.6 Å². The molecule has 1 saturated heterocycles. The monoisotopic (exact) mass is 356 g/mol. The number of carbonyl (C=O) groups excluding carboxylic acids is 1. The lowest BCUT2D eigenvalue weighted by molar-refractivity contribution is -0.227. The van der Waals surface area contributed by atoms with E-state index in [1.54, 1.807) is 18.2 Å². The smallest absolute Gasteiger partial charge is 0.406 e. The van der Waals surface area contributed by atoms with Crippen LogP contribution in [0.5, 0.6) is 5.75 Å². The van der Waals surface area contributed by atoms with E-state index in [1.807, 2.05) is 0 Å². The minimum absolute atomic E-state index is 0.103. The zero-order valence-corrected chi connectivity index (χ0v) is 13.2. The van der Waals surface area contributed by atoms with Gasteiger partial charge in [-0.05, 0) is 24.6 Å². The lowest BCUT2D eigenvalue weighted by Crippen LogP contribution is -2.47. The number of alkyl halides is 3. The van der Waals surface area contributed by atoms with Gasteiger partial charge in [0.25, 0.3) is 5.91 Å². The molecule has 6 nitrogen and oxygen atoms in total. The summed E-state index contributed by atoms with van der Waals surface area (Å²) in [6, 6.07) is 6.58. The maximum atomic E-state index is 13.2. The van der Waals surface area contributed by atoms with Crippen molar-refractivity contribution in [2.75, 3.05) is 20.2 Å². The number of rotatable bonds is 3. The molecular formula is C16H15F3N2O4. The highest BCUT2D eigenvalue weighted by molar-refractivity contribution is 5.98. The average molecular weight is 356 g/mol. The Morgan fingerprint density at radius 1 is 1.32 bits per heavy atom. The lowest BCUT2D eigenvalue weighted by atomic mass is 9.86. The van der Waals surface area contributed by atoms with Gasteiger partial charge in [-0.1, -0.05) is 0 Å². The number of halogens is 3. The second kappa shape index (κ2) is 5.68. The number of hydrogen-bond acceptors (Lipinski definition) is 3. The molecule has 0 saturated carbocycles. The molecule has 9 heteroatoms. The Labute approximate surface area is 140 Å². The first-order chi connectivity index (χ1) is 11.7. The first-order valence-corrected chi connectivity index (χ1v) is 7.44. The number of amides is 1. The van der Waals surface area contributed by atoms with Crippen molar-refractivity contribution in [2.45, 2.75) is 12.6 Å². The summed E-state index contributed by atoms with van der Waals surface area (Å²) in [7, 11) is 1.49. The number of benzene rings is 1. The number of H-pyrrole nitrogens is 1. The van der Waals surface area contributed by atoms with Gasteiger partial charge >= 0.3 is 12.1 Å². The lowest BCUT2D eigenvalue weighted by Gasteiger charge is -2.27. The first kappa shape index (κ1) is 17.1. The number of ether oxygens (including phenoxy) is 1. The van der Waals surface area contributed by atoms with Crippen LogP contribution in [0.25, 0.3) is 10.9 Å². The summed E-state index contributed by atoms with van der Waals surface area (Å²) in [4.78, 5) is 27.5. The van der Waals surface area contributed by atoms with Gasteiger partial charge in [-0.3, -0.25) is 9.59 Å². The molecule has 1 aliphatic heterocycles. The molecule has 1 unspecified atom stereocenters. The van der Waals surface area contributed by atoms with Crippen molar-refractivity contribution in [3.05, 3.63) is 30.0 Å². The van der Waals surface area contributed by atoms with Gasteiger partial charge in [-0.25, -0.2) is 0 Å². The Morgan fingerprint density at radius 3 is 2.60 bits per heavy atom. The van der Waals surface area contributed by atoms with E-state index in [1.165, 1.54) is 13.2 Å². The molecule has 1 fully saturated rings. The third kappa shape index (κ3) is 2.69. The fraction of sp³-hybridized carbons (Fsp3) is 0.375. The molecule has 2 heterocycles. The summed E-state index contributed by atoms with van der Waals surface area (Å²) >= 11 is 0. The number of nitrogens with one attached hydrogen (secondary N) is 1. The minimum atomic E-state index is -4.93. The fourth-order valence-corrected chi connectivity index (χ4v) is 3.03. The van der Waals surface area contributed by atoms with Crippen LogP contribution in [0.3, 0.4) is 0 Å². The molecule has 134 valence electrons. The van der Waals surface area contributed by atoms with Crippen LogP contribution in [0, 0.1) is 5.41 Å². The molecule has 0 radical (unpaired) electrons. The number of likely N-dealkylation sites (tertiary alicyclic amines) is 1. The van der Waals surface area contributed by atoms with E-state index in [-0.39, 0.29) is 12.2 Å². The van der Waals surface area contributed by atoms with Gasteiger partial charge in [0.15, 0.2) is 5.41 Å². The molecule has 1 aromatic heterocycles. The summed E-state index contributed by atoms with van der Waals surface area (Å²) in [6.45, 7) is -1.17. The van der Waals surface area contributed by atoms with Crippen LogP contribution >= 0.6 is 0 Å². The number of carboxylic acids is 1. The van der Waals surface area contributed by atoms with Gasteiger partial charge in [-0.2, -0.15) is 13.2 Å². The predicted octanol–water partition coefficient (Wildman–Crippen LogP) is 2.66. The molecule has 25 heavy (non-hydrogen) atoms. The molecule has 1 aromatic carbocycles. The normalized spacial score (nSPS) is 20.9. The van der Waals surface area contributed by atoms with Gasteiger partial charge < -0.3 is 19.7 Å². The van der Waals surface area contributed by atoms with Crippen molar-refractivity contribution in [3.8, 4) is 5.75 Å². The summed E-state index contributed by atoms with van der Waals surface area (Å²) in [6.07, 6.45) is -5.59. The number of fused-ring (bicyclic) bond motifs is 1. The third-order valence-corrected chi connectivity index (χ3v) is 4.57. The summed E-state index contributed by atoms with van der Waals surface area (Å²) < 4.78 is 44.7. The van der Waals surface area contributed by atoms with Crippen molar-refractivity contribution in [3.63, 3.8) is 0 Å².